The number of amides is 1. The van der Waals surface area contributed by atoms with E-state index in [0.29, 0.717) is 17.4 Å². The van der Waals surface area contributed by atoms with Gasteiger partial charge in [0.2, 0.25) is 5.91 Å². The number of aromatic nitrogens is 2. The number of rotatable bonds is 3. The van der Waals surface area contributed by atoms with E-state index < -0.39 is 5.69 Å². The molecule has 128 valence electrons. The molecule has 0 N–H and O–H groups in total. The molecule has 2 heterocycles. The molecule has 1 aromatic carbocycles. The average Bonchev–Trinajstić information content (AvgIpc) is 2.88. The van der Waals surface area contributed by atoms with Crippen LogP contribution in [-0.2, 0) is 17.9 Å². The number of carbonyl (C=O) groups excluding carboxylic acids is 1. The lowest BCUT2D eigenvalue weighted by atomic mass is 10.2. The number of para-hydroxylation sites is 1. The minimum absolute atomic E-state index is 0.0143. The van der Waals surface area contributed by atoms with Crippen LogP contribution in [0.4, 0.5) is 0 Å². The highest BCUT2D eigenvalue weighted by Gasteiger charge is 2.19. The van der Waals surface area contributed by atoms with Crippen molar-refractivity contribution in [3.05, 3.63) is 45.1 Å². The Morgan fingerprint density at radius 2 is 1.67 bits per heavy atom. The molecular weight excluding hydrogens is 306 g/mol. The number of likely N-dealkylation sites (tertiary alicyclic amines) is 1. The molecule has 1 saturated heterocycles. The summed E-state index contributed by atoms with van der Waals surface area (Å²) in [6, 6.07) is 6.99. The lowest BCUT2D eigenvalue weighted by Crippen LogP contribution is -2.43. The van der Waals surface area contributed by atoms with Gasteiger partial charge in [0.1, 0.15) is 6.54 Å². The Morgan fingerprint density at radius 1 is 1.00 bits per heavy atom. The monoisotopic (exact) mass is 329 g/mol. The summed E-state index contributed by atoms with van der Waals surface area (Å²) in [5, 5.41) is 0.475. The number of benzene rings is 1. The molecular formula is C18H23N3O3. The maximum absolute atomic E-state index is 12.7. The summed E-state index contributed by atoms with van der Waals surface area (Å²) in [5.41, 5.74) is -0.179. The van der Waals surface area contributed by atoms with Crippen molar-refractivity contribution in [3.8, 4) is 0 Å². The van der Waals surface area contributed by atoms with Crippen molar-refractivity contribution in [2.75, 3.05) is 13.1 Å². The summed E-state index contributed by atoms with van der Waals surface area (Å²) in [6.45, 7) is 3.54. The zero-order valence-electron chi connectivity index (χ0n) is 14.0. The summed E-state index contributed by atoms with van der Waals surface area (Å²) >= 11 is 0. The lowest BCUT2D eigenvalue weighted by molar-refractivity contribution is -0.131. The van der Waals surface area contributed by atoms with E-state index in [-0.39, 0.29) is 18.0 Å². The first-order valence-corrected chi connectivity index (χ1v) is 8.63. The van der Waals surface area contributed by atoms with Gasteiger partial charge >= 0.3 is 5.69 Å². The number of nitrogens with zero attached hydrogens (tertiary/aromatic N) is 3. The third-order valence-corrected chi connectivity index (χ3v) is 4.70. The van der Waals surface area contributed by atoms with Gasteiger partial charge in [-0.3, -0.25) is 18.7 Å². The molecule has 1 amide bonds. The van der Waals surface area contributed by atoms with Crippen LogP contribution >= 0.6 is 0 Å². The van der Waals surface area contributed by atoms with Gasteiger partial charge in [-0.05, 0) is 31.9 Å². The standard InChI is InChI=1S/C18H23N3O3/c1-2-20-17(23)14-9-5-6-10-15(14)21(18(20)24)13-16(22)19-11-7-3-4-8-12-19/h5-6,9-10H,2-4,7-8,11-13H2,1H3. The molecule has 1 fully saturated rings. The lowest BCUT2D eigenvalue weighted by Gasteiger charge is -2.21. The van der Waals surface area contributed by atoms with E-state index in [1.807, 2.05) is 4.90 Å². The fourth-order valence-electron chi connectivity index (χ4n) is 3.36. The number of carbonyl (C=O) groups is 1. The van der Waals surface area contributed by atoms with Crippen molar-refractivity contribution in [2.45, 2.75) is 45.7 Å². The first-order valence-electron chi connectivity index (χ1n) is 8.63. The topological polar surface area (TPSA) is 64.3 Å². The van der Waals surface area contributed by atoms with Crippen LogP contribution in [0.15, 0.2) is 33.9 Å². The Balaban J connectivity index is 2.04. The van der Waals surface area contributed by atoms with Gasteiger partial charge in [0.25, 0.3) is 5.56 Å². The van der Waals surface area contributed by atoms with Crippen LogP contribution in [0, 0.1) is 0 Å². The third kappa shape index (κ3) is 3.00. The zero-order chi connectivity index (χ0) is 17.1. The molecule has 0 atom stereocenters. The summed E-state index contributed by atoms with van der Waals surface area (Å²) in [7, 11) is 0. The molecule has 3 rings (SSSR count). The number of hydrogen-bond donors (Lipinski definition) is 0. The fraction of sp³-hybridized carbons (Fsp3) is 0.500. The van der Waals surface area contributed by atoms with Crippen LogP contribution in [0.5, 0.6) is 0 Å². The van der Waals surface area contributed by atoms with E-state index in [9.17, 15) is 14.4 Å². The highest BCUT2D eigenvalue weighted by molar-refractivity contribution is 5.81. The molecule has 0 spiro atoms. The van der Waals surface area contributed by atoms with Crippen molar-refractivity contribution in [3.63, 3.8) is 0 Å². The Morgan fingerprint density at radius 3 is 2.33 bits per heavy atom. The average molecular weight is 329 g/mol. The van der Waals surface area contributed by atoms with Gasteiger partial charge in [0, 0.05) is 19.6 Å². The zero-order valence-corrected chi connectivity index (χ0v) is 14.0. The quantitative estimate of drug-likeness (QED) is 0.859. The van der Waals surface area contributed by atoms with Gasteiger partial charge in [-0.2, -0.15) is 0 Å². The van der Waals surface area contributed by atoms with Crippen molar-refractivity contribution < 1.29 is 4.79 Å². The van der Waals surface area contributed by atoms with Crippen LogP contribution in [0.25, 0.3) is 10.9 Å². The second kappa shape index (κ2) is 7.03. The SMILES string of the molecule is CCn1c(=O)c2ccccc2n(CC(=O)N2CCCCCC2)c1=O. The van der Waals surface area contributed by atoms with Crippen molar-refractivity contribution in [1.29, 1.82) is 0 Å². The van der Waals surface area contributed by atoms with Crippen molar-refractivity contribution in [1.82, 2.24) is 14.0 Å². The van der Waals surface area contributed by atoms with E-state index in [1.54, 1.807) is 31.2 Å². The largest absolute Gasteiger partial charge is 0.341 e. The molecule has 1 aromatic heterocycles. The minimum Gasteiger partial charge on any atom is -0.341 e. The molecule has 0 saturated carbocycles. The first kappa shape index (κ1) is 16.5. The van der Waals surface area contributed by atoms with E-state index in [2.05, 4.69) is 0 Å². The van der Waals surface area contributed by atoms with E-state index >= 15 is 0 Å². The second-order valence-electron chi connectivity index (χ2n) is 6.23. The van der Waals surface area contributed by atoms with Crippen LogP contribution in [0.1, 0.15) is 32.6 Å². The summed E-state index contributed by atoms with van der Waals surface area (Å²) in [4.78, 5) is 39.6. The van der Waals surface area contributed by atoms with Crippen molar-refractivity contribution >= 4 is 16.8 Å². The molecule has 24 heavy (non-hydrogen) atoms. The predicted octanol–water partition coefficient (Wildman–Crippen LogP) is 1.59. The van der Waals surface area contributed by atoms with Crippen LogP contribution in [0.3, 0.4) is 0 Å². The Hall–Kier alpha value is -2.37. The minimum atomic E-state index is -0.413. The van der Waals surface area contributed by atoms with E-state index in [1.165, 1.54) is 9.13 Å². The normalized spacial score (nSPS) is 15.5. The maximum Gasteiger partial charge on any atom is 0.331 e. The Labute approximate surface area is 140 Å². The summed E-state index contributed by atoms with van der Waals surface area (Å²) in [6.07, 6.45) is 4.31. The molecule has 2 aromatic rings. The molecule has 0 aliphatic carbocycles. The first-order chi connectivity index (χ1) is 11.6. The highest BCUT2D eigenvalue weighted by Crippen LogP contribution is 2.12. The van der Waals surface area contributed by atoms with Gasteiger partial charge in [-0.1, -0.05) is 25.0 Å². The van der Waals surface area contributed by atoms with Crippen LogP contribution < -0.4 is 11.2 Å². The number of fused-ring (bicyclic) bond motifs is 1. The molecule has 6 heteroatoms. The molecule has 1 aliphatic heterocycles. The fourth-order valence-corrected chi connectivity index (χ4v) is 3.36. The van der Waals surface area contributed by atoms with E-state index in [0.717, 1.165) is 38.8 Å². The Bertz CT molecular complexity index is 858. The smallest absolute Gasteiger partial charge is 0.331 e. The molecule has 0 unspecified atom stereocenters. The van der Waals surface area contributed by atoms with Crippen molar-refractivity contribution in [2.24, 2.45) is 0 Å². The van der Waals surface area contributed by atoms with Gasteiger partial charge in [0.15, 0.2) is 0 Å². The molecule has 1 aliphatic rings. The summed E-state index contributed by atoms with van der Waals surface area (Å²) in [5.74, 6) is -0.0505. The maximum atomic E-state index is 12.7. The van der Waals surface area contributed by atoms with Crippen LogP contribution in [0.2, 0.25) is 0 Å². The van der Waals surface area contributed by atoms with Gasteiger partial charge in [0.05, 0.1) is 10.9 Å². The Kier molecular flexibility index (Phi) is 4.83. The number of hydrogen-bond acceptors (Lipinski definition) is 3. The molecule has 0 radical (unpaired) electrons. The van der Waals surface area contributed by atoms with Gasteiger partial charge < -0.3 is 4.90 Å². The predicted molar refractivity (Wildman–Crippen MR) is 93.2 cm³/mol. The van der Waals surface area contributed by atoms with Gasteiger partial charge in [-0.25, -0.2) is 4.79 Å². The second-order valence-corrected chi connectivity index (χ2v) is 6.23. The van der Waals surface area contributed by atoms with Crippen LogP contribution in [-0.4, -0.2) is 33.0 Å². The summed E-state index contributed by atoms with van der Waals surface area (Å²) < 4.78 is 2.63. The van der Waals surface area contributed by atoms with Gasteiger partial charge in [-0.15, -0.1) is 0 Å². The molecule has 6 nitrogen and oxygen atoms in total. The highest BCUT2D eigenvalue weighted by atomic mass is 16.2. The third-order valence-electron chi connectivity index (χ3n) is 4.70. The van der Waals surface area contributed by atoms with E-state index in [4.69, 9.17) is 0 Å². The molecule has 0 bridgehead atoms.